The average Bonchev–Trinajstić information content (AvgIpc) is 2.88. The predicted octanol–water partition coefficient (Wildman–Crippen LogP) is 0.862. The Labute approximate surface area is 112 Å². The van der Waals surface area contributed by atoms with E-state index in [9.17, 15) is 4.79 Å². The molecule has 1 aliphatic heterocycles. The highest BCUT2D eigenvalue weighted by Gasteiger charge is 2.24. The smallest absolute Gasteiger partial charge is 0.341 e. The number of carbonyl (C=O) groups is 1. The van der Waals surface area contributed by atoms with Gasteiger partial charge in [0, 0.05) is 32.1 Å². The van der Waals surface area contributed by atoms with Gasteiger partial charge in [-0.2, -0.15) is 0 Å². The second kappa shape index (κ2) is 6.47. The first kappa shape index (κ1) is 13.7. The number of anilines is 1. The third-order valence-corrected chi connectivity index (χ3v) is 3.26. The van der Waals surface area contributed by atoms with Crippen LogP contribution in [0.2, 0.25) is 0 Å². The Balaban J connectivity index is 1.97. The highest BCUT2D eigenvalue weighted by molar-refractivity contribution is 5.88. The van der Waals surface area contributed by atoms with Crippen LogP contribution in [0.1, 0.15) is 30.1 Å². The molecule has 0 spiro atoms. The van der Waals surface area contributed by atoms with Crippen molar-refractivity contribution in [2.24, 2.45) is 5.92 Å². The second-order valence-electron chi connectivity index (χ2n) is 4.61. The number of rotatable bonds is 5. The van der Waals surface area contributed by atoms with Gasteiger partial charge in [0.25, 0.3) is 0 Å². The van der Waals surface area contributed by atoms with E-state index in [2.05, 4.69) is 14.9 Å². The molecule has 1 saturated heterocycles. The van der Waals surface area contributed by atoms with E-state index in [0.717, 1.165) is 25.9 Å². The normalized spacial score (nSPS) is 18.6. The van der Waals surface area contributed by atoms with E-state index in [1.54, 1.807) is 6.92 Å². The zero-order valence-corrected chi connectivity index (χ0v) is 11.1. The average molecular weight is 265 g/mol. The number of aliphatic hydroxyl groups is 1. The van der Waals surface area contributed by atoms with Gasteiger partial charge in [-0.05, 0) is 25.7 Å². The van der Waals surface area contributed by atoms with E-state index < -0.39 is 5.97 Å². The fraction of sp³-hybridized carbons (Fsp3) is 0.615. The van der Waals surface area contributed by atoms with Crippen LogP contribution in [0.3, 0.4) is 0 Å². The number of ether oxygens (including phenoxy) is 1. The van der Waals surface area contributed by atoms with Crippen LogP contribution < -0.4 is 4.90 Å². The van der Waals surface area contributed by atoms with Gasteiger partial charge in [-0.15, -0.1) is 0 Å². The van der Waals surface area contributed by atoms with Crippen LogP contribution in [-0.4, -0.2) is 47.3 Å². The predicted molar refractivity (Wildman–Crippen MR) is 70.0 cm³/mol. The minimum atomic E-state index is -0.395. The maximum atomic E-state index is 11.5. The zero-order valence-electron chi connectivity index (χ0n) is 11.1. The van der Waals surface area contributed by atoms with Crippen molar-refractivity contribution >= 4 is 11.9 Å². The Morgan fingerprint density at radius 3 is 2.89 bits per heavy atom. The number of nitrogens with zero attached hydrogens (tertiary/aromatic N) is 3. The molecule has 1 aliphatic rings. The van der Waals surface area contributed by atoms with Crippen molar-refractivity contribution < 1.29 is 14.6 Å². The van der Waals surface area contributed by atoms with Crippen molar-refractivity contribution in [3.63, 3.8) is 0 Å². The fourth-order valence-corrected chi connectivity index (χ4v) is 2.24. The molecule has 6 heteroatoms. The third kappa shape index (κ3) is 3.41. The molecule has 0 bridgehead atoms. The first-order valence-corrected chi connectivity index (χ1v) is 6.59. The molecule has 2 heterocycles. The number of hydrogen-bond acceptors (Lipinski definition) is 6. The Kier molecular flexibility index (Phi) is 4.68. The van der Waals surface area contributed by atoms with Crippen LogP contribution in [0.15, 0.2) is 12.4 Å². The molecule has 0 amide bonds. The van der Waals surface area contributed by atoms with E-state index in [1.165, 1.54) is 12.4 Å². The third-order valence-electron chi connectivity index (χ3n) is 3.26. The summed E-state index contributed by atoms with van der Waals surface area (Å²) in [5.74, 6) is 0.737. The highest BCUT2D eigenvalue weighted by Crippen LogP contribution is 2.22. The summed E-state index contributed by atoms with van der Waals surface area (Å²) in [6.07, 6.45) is 4.86. The monoisotopic (exact) mass is 265 g/mol. The molecular weight excluding hydrogens is 246 g/mol. The minimum Gasteiger partial charge on any atom is -0.462 e. The number of aliphatic hydroxyl groups excluding tert-OH is 1. The number of aromatic nitrogens is 2. The molecule has 1 fully saturated rings. The number of esters is 1. The largest absolute Gasteiger partial charge is 0.462 e. The number of hydrogen-bond donors (Lipinski definition) is 1. The molecule has 2 rings (SSSR count). The van der Waals surface area contributed by atoms with Crippen molar-refractivity contribution in [1.82, 2.24) is 9.97 Å². The van der Waals surface area contributed by atoms with Gasteiger partial charge in [-0.25, -0.2) is 14.8 Å². The maximum absolute atomic E-state index is 11.5. The van der Waals surface area contributed by atoms with E-state index in [4.69, 9.17) is 9.84 Å². The van der Waals surface area contributed by atoms with Gasteiger partial charge in [0.2, 0.25) is 5.95 Å². The van der Waals surface area contributed by atoms with Crippen LogP contribution in [0.4, 0.5) is 5.95 Å². The molecule has 1 unspecified atom stereocenters. The lowest BCUT2D eigenvalue weighted by molar-refractivity contribution is 0.0525. The van der Waals surface area contributed by atoms with E-state index in [0.29, 0.717) is 24.0 Å². The Hall–Kier alpha value is -1.69. The molecule has 0 radical (unpaired) electrons. The summed E-state index contributed by atoms with van der Waals surface area (Å²) < 4.78 is 4.88. The summed E-state index contributed by atoms with van der Waals surface area (Å²) in [4.78, 5) is 22.0. The van der Waals surface area contributed by atoms with Crippen molar-refractivity contribution in [2.45, 2.75) is 19.8 Å². The van der Waals surface area contributed by atoms with Gasteiger partial charge in [0.1, 0.15) is 0 Å². The van der Waals surface area contributed by atoms with Crippen molar-refractivity contribution in [1.29, 1.82) is 0 Å². The van der Waals surface area contributed by atoms with Crippen LogP contribution >= 0.6 is 0 Å². The molecule has 0 aliphatic carbocycles. The molecular formula is C13H19N3O3. The van der Waals surface area contributed by atoms with Crippen molar-refractivity contribution in [3.8, 4) is 0 Å². The summed E-state index contributed by atoms with van der Waals surface area (Å²) in [7, 11) is 0. The summed E-state index contributed by atoms with van der Waals surface area (Å²) in [5.41, 5.74) is 0.372. The van der Waals surface area contributed by atoms with Crippen LogP contribution in [0.25, 0.3) is 0 Å². The van der Waals surface area contributed by atoms with Crippen LogP contribution in [0.5, 0.6) is 0 Å². The topological polar surface area (TPSA) is 75.5 Å². The fourth-order valence-electron chi connectivity index (χ4n) is 2.24. The maximum Gasteiger partial charge on any atom is 0.341 e. The lowest BCUT2D eigenvalue weighted by Gasteiger charge is -2.15. The minimum absolute atomic E-state index is 0.223. The van der Waals surface area contributed by atoms with Gasteiger partial charge in [0.05, 0.1) is 12.2 Å². The zero-order chi connectivity index (χ0) is 13.7. The summed E-state index contributed by atoms with van der Waals surface area (Å²) >= 11 is 0. The standard InChI is InChI=1S/C13H19N3O3/c1-2-19-12(18)11-7-14-13(15-8-11)16-5-3-10(9-16)4-6-17/h7-8,10,17H,2-6,9H2,1H3. The Bertz CT molecular complexity index is 422. The molecule has 1 N–H and O–H groups in total. The summed E-state index contributed by atoms with van der Waals surface area (Å²) in [5, 5.41) is 8.93. The van der Waals surface area contributed by atoms with E-state index >= 15 is 0 Å². The molecule has 1 atom stereocenters. The molecule has 0 saturated carbocycles. The van der Waals surface area contributed by atoms with Gasteiger partial charge in [0.15, 0.2) is 0 Å². The van der Waals surface area contributed by atoms with Crippen LogP contribution in [0, 0.1) is 5.92 Å². The second-order valence-corrected chi connectivity index (χ2v) is 4.61. The van der Waals surface area contributed by atoms with Crippen molar-refractivity contribution in [3.05, 3.63) is 18.0 Å². The summed E-state index contributed by atoms with van der Waals surface area (Å²) in [6.45, 7) is 4.08. The lowest BCUT2D eigenvalue weighted by Crippen LogP contribution is -2.22. The molecule has 1 aromatic heterocycles. The Morgan fingerprint density at radius 1 is 1.53 bits per heavy atom. The van der Waals surface area contributed by atoms with Gasteiger partial charge < -0.3 is 14.7 Å². The first-order valence-electron chi connectivity index (χ1n) is 6.59. The van der Waals surface area contributed by atoms with Crippen LogP contribution in [-0.2, 0) is 4.74 Å². The SMILES string of the molecule is CCOC(=O)c1cnc(N2CCC(CCO)C2)nc1. The molecule has 6 nitrogen and oxygen atoms in total. The molecule has 19 heavy (non-hydrogen) atoms. The van der Waals surface area contributed by atoms with E-state index in [-0.39, 0.29) is 6.61 Å². The van der Waals surface area contributed by atoms with Crippen molar-refractivity contribution in [2.75, 3.05) is 31.2 Å². The Morgan fingerprint density at radius 2 is 2.26 bits per heavy atom. The number of carbonyl (C=O) groups excluding carboxylic acids is 1. The lowest BCUT2D eigenvalue weighted by atomic mass is 10.1. The summed E-state index contributed by atoms with van der Waals surface area (Å²) in [6, 6.07) is 0. The quantitative estimate of drug-likeness (QED) is 0.796. The molecule has 1 aromatic rings. The molecule has 104 valence electrons. The molecule has 0 aromatic carbocycles. The van der Waals surface area contributed by atoms with Gasteiger partial charge in [-0.3, -0.25) is 0 Å². The van der Waals surface area contributed by atoms with Gasteiger partial charge >= 0.3 is 5.97 Å². The highest BCUT2D eigenvalue weighted by atomic mass is 16.5. The van der Waals surface area contributed by atoms with E-state index in [1.807, 2.05) is 0 Å². The first-order chi connectivity index (χ1) is 9.24. The van der Waals surface area contributed by atoms with Gasteiger partial charge in [-0.1, -0.05) is 0 Å².